The minimum Gasteiger partial charge on any atom is -0.492 e. The Morgan fingerprint density at radius 1 is 1.69 bits per heavy atom. The SMILES string of the molecule is C=C(OCC)c1nc(Cl)ncc1C. The number of hydrogen-bond acceptors (Lipinski definition) is 3. The number of rotatable bonds is 3. The molecule has 0 N–H and O–H groups in total. The molecule has 0 aliphatic carbocycles. The largest absolute Gasteiger partial charge is 0.492 e. The fourth-order valence-corrected chi connectivity index (χ4v) is 1.08. The molecule has 0 unspecified atom stereocenters. The van der Waals surface area contributed by atoms with Gasteiger partial charge in [-0.05, 0) is 31.0 Å². The number of ether oxygens (including phenoxy) is 1. The highest BCUT2D eigenvalue weighted by Crippen LogP contribution is 2.16. The average Bonchev–Trinajstić information content (AvgIpc) is 2.09. The van der Waals surface area contributed by atoms with Crippen molar-refractivity contribution in [1.82, 2.24) is 9.97 Å². The first kappa shape index (κ1) is 9.99. The van der Waals surface area contributed by atoms with Gasteiger partial charge in [0.25, 0.3) is 0 Å². The molecule has 1 aromatic heterocycles. The van der Waals surface area contributed by atoms with Crippen molar-refractivity contribution in [2.45, 2.75) is 13.8 Å². The maximum Gasteiger partial charge on any atom is 0.223 e. The lowest BCUT2D eigenvalue weighted by Gasteiger charge is -2.07. The van der Waals surface area contributed by atoms with Gasteiger partial charge in [0.05, 0.1) is 6.61 Å². The zero-order chi connectivity index (χ0) is 9.84. The lowest BCUT2D eigenvalue weighted by Crippen LogP contribution is -1.98. The maximum absolute atomic E-state index is 5.64. The second-order valence-electron chi connectivity index (χ2n) is 2.53. The van der Waals surface area contributed by atoms with Gasteiger partial charge in [-0.3, -0.25) is 0 Å². The van der Waals surface area contributed by atoms with Gasteiger partial charge in [-0.15, -0.1) is 0 Å². The van der Waals surface area contributed by atoms with Crippen molar-refractivity contribution < 1.29 is 4.74 Å². The van der Waals surface area contributed by atoms with Gasteiger partial charge in [0.2, 0.25) is 5.28 Å². The van der Waals surface area contributed by atoms with Crippen LogP contribution in [0.5, 0.6) is 0 Å². The highest BCUT2D eigenvalue weighted by atomic mass is 35.5. The predicted molar refractivity (Wildman–Crippen MR) is 52.4 cm³/mol. The van der Waals surface area contributed by atoms with Gasteiger partial charge >= 0.3 is 0 Å². The molecule has 0 amide bonds. The van der Waals surface area contributed by atoms with E-state index in [1.807, 2.05) is 13.8 Å². The summed E-state index contributed by atoms with van der Waals surface area (Å²) in [4.78, 5) is 7.86. The third-order valence-electron chi connectivity index (χ3n) is 1.53. The molecule has 0 saturated heterocycles. The van der Waals surface area contributed by atoms with Crippen LogP contribution in [0.3, 0.4) is 0 Å². The van der Waals surface area contributed by atoms with Gasteiger partial charge in [0.1, 0.15) is 11.5 Å². The molecule has 0 fully saturated rings. The van der Waals surface area contributed by atoms with Crippen molar-refractivity contribution in [3.63, 3.8) is 0 Å². The Labute approximate surface area is 82.4 Å². The summed E-state index contributed by atoms with van der Waals surface area (Å²) in [6, 6.07) is 0. The zero-order valence-electron chi connectivity index (χ0n) is 7.67. The van der Waals surface area contributed by atoms with Gasteiger partial charge in [0, 0.05) is 6.20 Å². The molecule has 0 bridgehead atoms. The van der Waals surface area contributed by atoms with Crippen molar-refractivity contribution in [2.75, 3.05) is 6.61 Å². The average molecular weight is 199 g/mol. The Hall–Kier alpha value is -1.09. The van der Waals surface area contributed by atoms with Crippen LogP contribution in [0, 0.1) is 6.92 Å². The molecule has 13 heavy (non-hydrogen) atoms. The van der Waals surface area contributed by atoms with E-state index < -0.39 is 0 Å². The monoisotopic (exact) mass is 198 g/mol. The van der Waals surface area contributed by atoms with E-state index in [1.54, 1.807) is 6.20 Å². The summed E-state index contributed by atoms with van der Waals surface area (Å²) in [7, 11) is 0. The van der Waals surface area contributed by atoms with Gasteiger partial charge in [-0.25, -0.2) is 9.97 Å². The second kappa shape index (κ2) is 4.23. The van der Waals surface area contributed by atoms with E-state index >= 15 is 0 Å². The quantitative estimate of drug-likeness (QED) is 0.553. The van der Waals surface area contributed by atoms with Crippen LogP contribution < -0.4 is 0 Å². The summed E-state index contributed by atoms with van der Waals surface area (Å²) in [6.45, 7) is 8.09. The third-order valence-corrected chi connectivity index (χ3v) is 1.71. The summed E-state index contributed by atoms with van der Waals surface area (Å²) in [5, 5.41) is 0.210. The fraction of sp³-hybridized carbons (Fsp3) is 0.333. The minimum absolute atomic E-state index is 0.210. The van der Waals surface area contributed by atoms with Crippen LogP contribution in [0.2, 0.25) is 5.28 Å². The molecule has 0 aliphatic heterocycles. The van der Waals surface area contributed by atoms with Gasteiger partial charge in [-0.2, -0.15) is 0 Å². The topological polar surface area (TPSA) is 35.0 Å². The highest BCUT2D eigenvalue weighted by Gasteiger charge is 2.06. The summed E-state index contributed by atoms with van der Waals surface area (Å²) >= 11 is 5.64. The van der Waals surface area contributed by atoms with Crippen LogP contribution in [-0.2, 0) is 4.74 Å². The molecule has 0 aromatic carbocycles. The molecular weight excluding hydrogens is 188 g/mol. The molecular formula is C9H11ClN2O. The van der Waals surface area contributed by atoms with E-state index in [0.717, 1.165) is 5.56 Å². The number of hydrogen-bond donors (Lipinski definition) is 0. The smallest absolute Gasteiger partial charge is 0.223 e. The van der Waals surface area contributed by atoms with Gasteiger partial charge in [0.15, 0.2) is 0 Å². The van der Waals surface area contributed by atoms with Crippen LogP contribution >= 0.6 is 11.6 Å². The molecule has 0 spiro atoms. The Morgan fingerprint density at radius 3 is 3.00 bits per heavy atom. The first-order valence-corrected chi connectivity index (χ1v) is 4.34. The highest BCUT2D eigenvalue weighted by molar-refractivity contribution is 6.28. The molecule has 1 aromatic rings. The van der Waals surface area contributed by atoms with E-state index in [0.29, 0.717) is 18.1 Å². The van der Waals surface area contributed by atoms with Crippen LogP contribution in [-0.4, -0.2) is 16.6 Å². The number of nitrogens with zero attached hydrogens (tertiary/aromatic N) is 2. The standard InChI is InChI=1S/C9H11ClN2O/c1-4-13-7(3)8-6(2)5-11-9(10)12-8/h5H,3-4H2,1-2H3. The van der Waals surface area contributed by atoms with E-state index in [1.165, 1.54) is 0 Å². The summed E-state index contributed by atoms with van der Waals surface area (Å²) < 4.78 is 5.22. The number of aromatic nitrogens is 2. The molecule has 0 saturated carbocycles. The normalized spacial score (nSPS) is 9.77. The Kier molecular flexibility index (Phi) is 3.25. The number of aryl methyl sites for hydroxylation is 1. The summed E-state index contributed by atoms with van der Waals surface area (Å²) in [5.74, 6) is 0.532. The van der Waals surface area contributed by atoms with Crippen molar-refractivity contribution in [3.05, 3.63) is 29.3 Å². The lowest BCUT2D eigenvalue weighted by atomic mass is 10.2. The van der Waals surface area contributed by atoms with Crippen LogP contribution in [0.15, 0.2) is 12.8 Å². The van der Waals surface area contributed by atoms with Crippen LogP contribution in [0.25, 0.3) is 5.76 Å². The van der Waals surface area contributed by atoms with E-state index in [9.17, 15) is 0 Å². The third kappa shape index (κ3) is 2.42. The molecule has 0 atom stereocenters. The Morgan fingerprint density at radius 2 is 2.38 bits per heavy atom. The van der Waals surface area contributed by atoms with Crippen molar-refractivity contribution in [3.8, 4) is 0 Å². The minimum atomic E-state index is 0.210. The lowest BCUT2D eigenvalue weighted by molar-refractivity contribution is 0.297. The van der Waals surface area contributed by atoms with E-state index in [2.05, 4.69) is 16.5 Å². The molecule has 70 valence electrons. The molecule has 1 heterocycles. The zero-order valence-corrected chi connectivity index (χ0v) is 8.43. The summed E-state index contributed by atoms with van der Waals surface area (Å²) in [6.07, 6.45) is 1.65. The molecule has 0 aliphatic rings. The van der Waals surface area contributed by atoms with Crippen molar-refractivity contribution in [1.29, 1.82) is 0 Å². The van der Waals surface area contributed by atoms with Crippen molar-refractivity contribution in [2.24, 2.45) is 0 Å². The number of halogens is 1. The predicted octanol–water partition coefficient (Wildman–Crippen LogP) is 2.45. The Balaban J connectivity index is 2.99. The van der Waals surface area contributed by atoms with Crippen LogP contribution in [0.4, 0.5) is 0 Å². The fourth-order valence-electron chi connectivity index (χ4n) is 0.945. The van der Waals surface area contributed by atoms with E-state index in [-0.39, 0.29) is 5.28 Å². The first-order valence-electron chi connectivity index (χ1n) is 3.96. The maximum atomic E-state index is 5.64. The first-order chi connectivity index (χ1) is 6.15. The molecule has 0 radical (unpaired) electrons. The second-order valence-corrected chi connectivity index (χ2v) is 2.86. The summed E-state index contributed by atoms with van der Waals surface area (Å²) in [5.41, 5.74) is 1.57. The molecule has 1 rings (SSSR count). The van der Waals surface area contributed by atoms with Gasteiger partial charge in [-0.1, -0.05) is 6.58 Å². The molecule has 4 heteroatoms. The van der Waals surface area contributed by atoms with Crippen LogP contribution in [0.1, 0.15) is 18.2 Å². The van der Waals surface area contributed by atoms with Gasteiger partial charge < -0.3 is 4.74 Å². The van der Waals surface area contributed by atoms with E-state index in [4.69, 9.17) is 16.3 Å². The molecule has 3 nitrogen and oxygen atoms in total. The van der Waals surface area contributed by atoms with Crippen molar-refractivity contribution >= 4 is 17.4 Å². The Bertz CT molecular complexity index is 325.